The molecular weight excluding hydrogens is 314 g/mol. The van der Waals surface area contributed by atoms with E-state index in [9.17, 15) is 14.3 Å². The zero-order valence-corrected chi connectivity index (χ0v) is 12.5. The largest absolute Gasteiger partial charge is 0.481 e. The van der Waals surface area contributed by atoms with Crippen molar-refractivity contribution in [3.63, 3.8) is 0 Å². The Hall–Kier alpha value is -1.58. The van der Waals surface area contributed by atoms with Crippen molar-refractivity contribution in [2.24, 2.45) is 5.92 Å². The highest BCUT2D eigenvalue weighted by Crippen LogP contribution is 2.24. The Morgan fingerprint density at radius 2 is 1.86 bits per heavy atom. The Morgan fingerprint density at radius 1 is 1.14 bits per heavy atom. The lowest BCUT2D eigenvalue weighted by atomic mass is 9.92. The lowest BCUT2D eigenvalue weighted by Gasteiger charge is -2.14. The molecule has 1 N–H and O–H groups in total. The first-order valence-electron chi connectivity index (χ1n) is 6.37. The third-order valence-electron chi connectivity index (χ3n) is 3.23. The van der Waals surface area contributed by atoms with Crippen molar-refractivity contribution in [3.05, 3.63) is 69.5 Å². The zero-order valence-electron chi connectivity index (χ0n) is 11.0. The fraction of sp³-hybridized carbons (Fsp3) is 0.188. The third-order valence-corrected chi connectivity index (χ3v) is 3.82. The van der Waals surface area contributed by atoms with Gasteiger partial charge in [-0.05, 0) is 42.7 Å². The second kappa shape index (κ2) is 6.92. The fourth-order valence-corrected chi connectivity index (χ4v) is 2.62. The number of hydrogen-bond donors (Lipinski definition) is 1. The normalized spacial score (nSPS) is 12.1. The van der Waals surface area contributed by atoms with Crippen LogP contribution in [0.3, 0.4) is 0 Å². The van der Waals surface area contributed by atoms with Crippen molar-refractivity contribution in [3.8, 4) is 0 Å². The number of benzene rings is 2. The highest BCUT2D eigenvalue weighted by Gasteiger charge is 2.22. The molecule has 0 bridgehead atoms. The van der Waals surface area contributed by atoms with Crippen molar-refractivity contribution in [1.29, 1.82) is 0 Å². The molecule has 2 aromatic rings. The van der Waals surface area contributed by atoms with Crippen LogP contribution in [-0.2, 0) is 17.6 Å². The summed E-state index contributed by atoms with van der Waals surface area (Å²) < 4.78 is 13.8. The second-order valence-electron chi connectivity index (χ2n) is 4.77. The molecule has 21 heavy (non-hydrogen) atoms. The van der Waals surface area contributed by atoms with E-state index in [4.69, 9.17) is 23.2 Å². The molecule has 0 heterocycles. The minimum absolute atomic E-state index is 0.0351. The van der Waals surface area contributed by atoms with E-state index in [0.29, 0.717) is 5.02 Å². The van der Waals surface area contributed by atoms with E-state index >= 15 is 0 Å². The van der Waals surface area contributed by atoms with Crippen LogP contribution in [-0.4, -0.2) is 11.1 Å². The average molecular weight is 327 g/mol. The van der Waals surface area contributed by atoms with Gasteiger partial charge in [0.25, 0.3) is 0 Å². The quantitative estimate of drug-likeness (QED) is 0.870. The molecule has 0 aliphatic carbocycles. The Bertz CT molecular complexity index is 638. The van der Waals surface area contributed by atoms with E-state index in [0.717, 1.165) is 5.56 Å². The fourth-order valence-electron chi connectivity index (χ4n) is 2.17. The van der Waals surface area contributed by atoms with E-state index in [-0.39, 0.29) is 23.4 Å². The van der Waals surface area contributed by atoms with Gasteiger partial charge in [-0.15, -0.1) is 0 Å². The highest BCUT2D eigenvalue weighted by molar-refractivity contribution is 6.31. The lowest BCUT2D eigenvalue weighted by molar-refractivity contribution is -0.141. The smallest absolute Gasteiger partial charge is 0.307 e. The van der Waals surface area contributed by atoms with Crippen LogP contribution in [0.4, 0.5) is 4.39 Å². The van der Waals surface area contributed by atoms with E-state index in [1.807, 2.05) is 0 Å². The molecule has 0 aliphatic heterocycles. The Labute approximate surface area is 132 Å². The number of hydrogen-bond acceptors (Lipinski definition) is 1. The number of carboxylic acids is 1. The Balaban J connectivity index is 2.22. The summed E-state index contributed by atoms with van der Waals surface area (Å²) in [5.74, 6) is -2.24. The van der Waals surface area contributed by atoms with Gasteiger partial charge < -0.3 is 5.11 Å². The Kier molecular flexibility index (Phi) is 5.21. The van der Waals surface area contributed by atoms with Gasteiger partial charge in [-0.1, -0.05) is 41.4 Å². The summed E-state index contributed by atoms with van der Waals surface area (Å²) in [5.41, 5.74) is 1.02. The molecular formula is C16H13Cl2FO2. The number of carbonyl (C=O) groups is 1. The first-order valence-corrected chi connectivity index (χ1v) is 7.13. The third kappa shape index (κ3) is 4.19. The van der Waals surface area contributed by atoms with Crippen molar-refractivity contribution in [1.82, 2.24) is 0 Å². The van der Waals surface area contributed by atoms with E-state index in [1.54, 1.807) is 30.3 Å². The van der Waals surface area contributed by atoms with Crippen LogP contribution in [0.1, 0.15) is 11.1 Å². The van der Waals surface area contributed by atoms with Crippen LogP contribution in [0.2, 0.25) is 10.0 Å². The van der Waals surface area contributed by atoms with Crippen LogP contribution in [0.5, 0.6) is 0 Å². The van der Waals surface area contributed by atoms with E-state index in [2.05, 4.69) is 0 Å². The lowest BCUT2D eigenvalue weighted by Crippen LogP contribution is -2.20. The molecule has 1 unspecified atom stereocenters. The van der Waals surface area contributed by atoms with Crippen molar-refractivity contribution in [2.75, 3.05) is 0 Å². The molecule has 0 radical (unpaired) electrons. The number of halogens is 3. The van der Waals surface area contributed by atoms with Gasteiger partial charge in [-0.25, -0.2) is 4.39 Å². The molecule has 2 rings (SSSR count). The molecule has 0 aromatic heterocycles. The van der Waals surface area contributed by atoms with Crippen LogP contribution < -0.4 is 0 Å². The summed E-state index contributed by atoms with van der Waals surface area (Å²) in [6, 6.07) is 11.3. The molecule has 0 saturated carbocycles. The molecule has 110 valence electrons. The summed E-state index contributed by atoms with van der Waals surface area (Å²) in [7, 11) is 0. The summed E-state index contributed by atoms with van der Waals surface area (Å²) >= 11 is 11.8. The molecule has 2 nitrogen and oxygen atoms in total. The summed E-state index contributed by atoms with van der Waals surface area (Å²) in [6.45, 7) is 0. The molecule has 1 atom stereocenters. The summed E-state index contributed by atoms with van der Waals surface area (Å²) in [6.07, 6.45) is 0.300. The predicted molar refractivity (Wildman–Crippen MR) is 81.4 cm³/mol. The molecule has 5 heteroatoms. The molecule has 0 aliphatic rings. The standard InChI is InChI=1S/C16H13Cl2FO2/c17-12-4-1-3-10(8-12)7-11(16(20)21)9-13-14(18)5-2-6-15(13)19/h1-6,8,11H,7,9H2,(H,20,21). The van der Waals surface area contributed by atoms with Gasteiger partial charge in [0.15, 0.2) is 0 Å². The maximum absolute atomic E-state index is 13.8. The SMILES string of the molecule is O=C(O)C(Cc1cccc(Cl)c1)Cc1c(F)cccc1Cl. The number of rotatable bonds is 5. The molecule has 2 aromatic carbocycles. The van der Waals surface area contributed by atoms with E-state index < -0.39 is 17.7 Å². The first-order chi connectivity index (χ1) is 9.97. The average Bonchev–Trinajstić information content (AvgIpc) is 2.41. The highest BCUT2D eigenvalue weighted by atomic mass is 35.5. The van der Waals surface area contributed by atoms with Crippen molar-refractivity contribution >= 4 is 29.2 Å². The van der Waals surface area contributed by atoms with Gasteiger partial charge in [-0.2, -0.15) is 0 Å². The predicted octanol–water partition coefficient (Wildman–Crippen LogP) is 4.62. The monoisotopic (exact) mass is 326 g/mol. The first kappa shape index (κ1) is 15.8. The minimum Gasteiger partial charge on any atom is -0.481 e. The van der Waals surface area contributed by atoms with E-state index in [1.165, 1.54) is 12.1 Å². The molecule has 0 fully saturated rings. The van der Waals surface area contributed by atoms with Gasteiger partial charge in [0.05, 0.1) is 5.92 Å². The van der Waals surface area contributed by atoms with Gasteiger partial charge in [0.1, 0.15) is 5.82 Å². The number of carboxylic acid groups (broad SMARTS) is 1. The molecule has 0 saturated heterocycles. The van der Waals surface area contributed by atoms with Crippen molar-refractivity contribution in [2.45, 2.75) is 12.8 Å². The van der Waals surface area contributed by atoms with Gasteiger partial charge in [-0.3, -0.25) is 4.79 Å². The molecule has 0 spiro atoms. The molecule has 0 amide bonds. The maximum atomic E-state index is 13.8. The summed E-state index contributed by atoms with van der Waals surface area (Å²) in [4.78, 5) is 11.4. The van der Waals surface area contributed by atoms with Gasteiger partial charge in [0.2, 0.25) is 0 Å². The van der Waals surface area contributed by atoms with Crippen LogP contribution in [0.15, 0.2) is 42.5 Å². The zero-order chi connectivity index (χ0) is 15.4. The van der Waals surface area contributed by atoms with Gasteiger partial charge >= 0.3 is 5.97 Å². The topological polar surface area (TPSA) is 37.3 Å². The summed E-state index contributed by atoms with van der Waals surface area (Å²) in [5, 5.41) is 10.1. The Morgan fingerprint density at radius 3 is 2.48 bits per heavy atom. The van der Waals surface area contributed by atoms with Crippen LogP contribution >= 0.6 is 23.2 Å². The van der Waals surface area contributed by atoms with Gasteiger partial charge in [0, 0.05) is 15.6 Å². The minimum atomic E-state index is -0.991. The van der Waals surface area contributed by atoms with Crippen LogP contribution in [0, 0.1) is 11.7 Å². The second-order valence-corrected chi connectivity index (χ2v) is 5.62. The number of aliphatic carboxylic acids is 1. The van der Waals surface area contributed by atoms with Crippen molar-refractivity contribution < 1.29 is 14.3 Å². The van der Waals surface area contributed by atoms with Crippen LogP contribution in [0.25, 0.3) is 0 Å². The maximum Gasteiger partial charge on any atom is 0.307 e.